The lowest BCUT2D eigenvalue weighted by Crippen LogP contribution is -1.88. The van der Waals surface area contributed by atoms with Gasteiger partial charge in [0, 0.05) is 11.8 Å². The van der Waals surface area contributed by atoms with E-state index >= 15 is 0 Å². The number of fused-ring (bicyclic) bond motifs is 1. The Labute approximate surface area is 115 Å². The fourth-order valence-corrected chi connectivity index (χ4v) is 2.45. The Balaban J connectivity index is 2.35. The van der Waals surface area contributed by atoms with E-state index in [0.717, 1.165) is 21.9 Å². The topological polar surface area (TPSA) is 36.7 Å². The largest absolute Gasteiger partial charge is 0.244 e. The van der Waals surface area contributed by atoms with Gasteiger partial charge in [0.1, 0.15) is 6.07 Å². The van der Waals surface area contributed by atoms with Gasteiger partial charge in [-0.15, -0.1) is 0 Å². The molecular formula is C16H9ClN2. The molecule has 0 saturated carbocycles. The summed E-state index contributed by atoms with van der Waals surface area (Å²) in [6, 6.07) is 18.0. The zero-order valence-electron chi connectivity index (χ0n) is 9.97. The lowest BCUT2D eigenvalue weighted by atomic mass is 9.98. The predicted octanol–water partition coefficient (Wildman–Crippen LogP) is 4.43. The van der Waals surface area contributed by atoms with Crippen LogP contribution in [0.15, 0.2) is 54.7 Å². The Morgan fingerprint density at radius 3 is 2.58 bits per heavy atom. The Kier molecular flexibility index (Phi) is 2.91. The second-order valence-electron chi connectivity index (χ2n) is 4.16. The molecule has 0 saturated heterocycles. The second-order valence-corrected chi connectivity index (χ2v) is 4.54. The van der Waals surface area contributed by atoms with Crippen LogP contribution in [0.25, 0.3) is 21.9 Å². The summed E-state index contributed by atoms with van der Waals surface area (Å²) in [4.78, 5) is 3.97. The zero-order valence-corrected chi connectivity index (χ0v) is 10.7. The normalized spacial score (nSPS) is 10.3. The van der Waals surface area contributed by atoms with Crippen LogP contribution < -0.4 is 0 Å². The summed E-state index contributed by atoms with van der Waals surface area (Å²) in [6.45, 7) is 0. The van der Waals surface area contributed by atoms with Crippen LogP contribution in [0.3, 0.4) is 0 Å². The predicted molar refractivity (Wildman–Crippen MR) is 76.9 cm³/mol. The van der Waals surface area contributed by atoms with Crippen molar-refractivity contribution in [3.05, 3.63) is 65.4 Å². The van der Waals surface area contributed by atoms with E-state index in [2.05, 4.69) is 17.1 Å². The van der Waals surface area contributed by atoms with Crippen molar-refractivity contribution < 1.29 is 0 Å². The molecule has 0 aliphatic heterocycles. The van der Waals surface area contributed by atoms with E-state index < -0.39 is 0 Å². The molecule has 0 amide bonds. The number of aromatic nitrogens is 1. The van der Waals surface area contributed by atoms with E-state index in [1.54, 1.807) is 6.20 Å². The lowest BCUT2D eigenvalue weighted by Gasteiger charge is -2.08. The Morgan fingerprint density at radius 2 is 1.74 bits per heavy atom. The molecule has 3 aromatic rings. The van der Waals surface area contributed by atoms with Crippen LogP contribution in [0.4, 0.5) is 0 Å². The SMILES string of the molecule is N#Cc1nccc(-c2cccc3ccccc23)c1Cl. The van der Waals surface area contributed by atoms with Gasteiger partial charge in [-0.05, 0) is 22.4 Å². The molecule has 0 fully saturated rings. The van der Waals surface area contributed by atoms with Crippen LogP contribution in [0.2, 0.25) is 5.02 Å². The summed E-state index contributed by atoms with van der Waals surface area (Å²) in [6.07, 6.45) is 1.61. The smallest absolute Gasteiger partial charge is 0.159 e. The number of nitriles is 1. The summed E-state index contributed by atoms with van der Waals surface area (Å²) in [5.74, 6) is 0. The minimum atomic E-state index is 0.257. The molecule has 3 heteroatoms. The van der Waals surface area contributed by atoms with Crippen molar-refractivity contribution in [2.24, 2.45) is 0 Å². The highest BCUT2D eigenvalue weighted by atomic mass is 35.5. The molecule has 1 aromatic heterocycles. The Bertz CT molecular complexity index is 798. The first-order valence-corrected chi connectivity index (χ1v) is 6.22. The first-order valence-electron chi connectivity index (χ1n) is 5.84. The van der Waals surface area contributed by atoms with Crippen molar-refractivity contribution in [2.75, 3.05) is 0 Å². The monoisotopic (exact) mass is 264 g/mol. The highest BCUT2D eigenvalue weighted by molar-refractivity contribution is 6.34. The van der Waals surface area contributed by atoms with E-state index in [4.69, 9.17) is 16.9 Å². The number of benzene rings is 2. The molecule has 0 spiro atoms. The molecule has 0 aliphatic rings. The summed E-state index contributed by atoms with van der Waals surface area (Å²) >= 11 is 6.26. The molecule has 0 radical (unpaired) electrons. The quantitative estimate of drug-likeness (QED) is 0.652. The van der Waals surface area contributed by atoms with Crippen molar-refractivity contribution >= 4 is 22.4 Å². The standard InChI is InChI=1S/C16H9ClN2/c17-16-14(8-9-19-15(16)10-18)13-7-3-5-11-4-1-2-6-12(11)13/h1-9H. The van der Waals surface area contributed by atoms with Crippen molar-refractivity contribution in [3.8, 4) is 17.2 Å². The van der Waals surface area contributed by atoms with Gasteiger partial charge in [0.25, 0.3) is 0 Å². The van der Waals surface area contributed by atoms with E-state index in [9.17, 15) is 0 Å². The Hall–Kier alpha value is -2.37. The minimum absolute atomic E-state index is 0.257. The fourth-order valence-electron chi connectivity index (χ4n) is 2.19. The van der Waals surface area contributed by atoms with Gasteiger partial charge < -0.3 is 0 Å². The molecule has 0 N–H and O–H groups in total. The van der Waals surface area contributed by atoms with Crippen molar-refractivity contribution in [3.63, 3.8) is 0 Å². The molecule has 3 rings (SSSR count). The third-order valence-corrected chi connectivity index (χ3v) is 3.46. The van der Waals surface area contributed by atoms with Crippen LogP contribution in [0.1, 0.15) is 5.69 Å². The van der Waals surface area contributed by atoms with Crippen molar-refractivity contribution in [1.82, 2.24) is 4.98 Å². The maximum atomic E-state index is 9.01. The molecule has 90 valence electrons. The third-order valence-electron chi connectivity index (χ3n) is 3.07. The molecule has 0 bridgehead atoms. The van der Waals surface area contributed by atoms with Crippen LogP contribution in [-0.4, -0.2) is 4.98 Å². The maximum Gasteiger partial charge on any atom is 0.159 e. The Morgan fingerprint density at radius 1 is 0.947 bits per heavy atom. The molecule has 2 nitrogen and oxygen atoms in total. The van der Waals surface area contributed by atoms with Gasteiger partial charge in [-0.25, -0.2) is 4.98 Å². The molecular weight excluding hydrogens is 256 g/mol. The summed E-state index contributed by atoms with van der Waals surface area (Å²) in [5, 5.41) is 11.7. The zero-order chi connectivity index (χ0) is 13.2. The molecule has 0 unspecified atom stereocenters. The van der Waals surface area contributed by atoms with Crippen LogP contribution in [0.5, 0.6) is 0 Å². The lowest BCUT2D eigenvalue weighted by molar-refractivity contribution is 1.27. The fraction of sp³-hybridized carbons (Fsp3) is 0. The third kappa shape index (κ3) is 1.95. The minimum Gasteiger partial charge on any atom is -0.244 e. The molecule has 2 aromatic carbocycles. The van der Waals surface area contributed by atoms with Crippen LogP contribution >= 0.6 is 11.6 Å². The maximum absolute atomic E-state index is 9.01. The van der Waals surface area contributed by atoms with Gasteiger partial charge in [-0.3, -0.25) is 0 Å². The van der Waals surface area contributed by atoms with Gasteiger partial charge in [0.05, 0.1) is 5.02 Å². The number of nitrogens with zero attached hydrogens (tertiary/aromatic N) is 2. The van der Waals surface area contributed by atoms with E-state index in [1.807, 2.05) is 42.5 Å². The van der Waals surface area contributed by atoms with Gasteiger partial charge >= 0.3 is 0 Å². The summed E-state index contributed by atoms with van der Waals surface area (Å²) in [5.41, 5.74) is 2.11. The first kappa shape index (κ1) is 11.7. The second kappa shape index (κ2) is 4.72. The molecule has 0 aliphatic carbocycles. The van der Waals surface area contributed by atoms with Crippen LogP contribution in [-0.2, 0) is 0 Å². The van der Waals surface area contributed by atoms with Gasteiger partial charge in [0.2, 0.25) is 0 Å². The highest BCUT2D eigenvalue weighted by Gasteiger charge is 2.11. The van der Waals surface area contributed by atoms with Crippen LogP contribution in [0, 0.1) is 11.3 Å². The number of rotatable bonds is 1. The molecule has 0 atom stereocenters. The number of hydrogen-bond acceptors (Lipinski definition) is 2. The van der Waals surface area contributed by atoms with Crippen molar-refractivity contribution in [2.45, 2.75) is 0 Å². The molecule has 1 heterocycles. The van der Waals surface area contributed by atoms with E-state index in [-0.39, 0.29) is 5.69 Å². The number of hydrogen-bond donors (Lipinski definition) is 0. The first-order chi connectivity index (χ1) is 9.31. The summed E-state index contributed by atoms with van der Waals surface area (Å²) in [7, 11) is 0. The highest BCUT2D eigenvalue weighted by Crippen LogP contribution is 2.34. The number of halogens is 1. The van der Waals surface area contributed by atoms with Gasteiger partial charge in [0.15, 0.2) is 5.69 Å². The van der Waals surface area contributed by atoms with E-state index in [1.165, 1.54) is 0 Å². The average molecular weight is 265 g/mol. The molecule has 19 heavy (non-hydrogen) atoms. The van der Waals surface area contributed by atoms with Crippen molar-refractivity contribution in [1.29, 1.82) is 5.26 Å². The summed E-state index contributed by atoms with van der Waals surface area (Å²) < 4.78 is 0. The number of pyridine rings is 1. The van der Waals surface area contributed by atoms with Gasteiger partial charge in [-0.1, -0.05) is 54.1 Å². The van der Waals surface area contributed by atoms with Gasteiger partial charge in [-0.2, -0.15) is 5.26 Å². The van der Waals surface area contributed by atoms with E-state index in [0.29, 0.717) is 5.02 Å². The average Bonchev–Trinajstić information content (AvgIpc) is 2.47.